The lowest BCUT2D eigenvalue weighted by atomic mass is 9.89. The van der Waals surface area contributed by atoms with Crippen LogP contribution >= 0.6 is 12.4 Å². The molecule has 2 unspecified atom stereocenters. The van der Waals surface area contributed by atoms with Crippen molar-refractivity contribution in [3.05, 3.63) is 71.8 Å². The van der Waals surface area contributed by atoms with E-state index in [1.807, 2.05) is 24.3 Å². The summed E-state index contributed by atoms with van der Waals surface area (Å²) in [7, 11) is 0. The quantitative estimate of drug-likeness (QED) is 0.844. The molecule has 0 aliphatic carbocycles. The van der Waals surface area contributed by atoms with Gasteiger partial charge in [0, 0.05) is 19.0 Å². The summed E-state index contributed by atoms with van der Waals surface area (Å²) in [4.78, 5) is 12.4. The number of carbonyl (C=O) groups is 1. The van der Waals surface area contributed by atoms with Gasteiger partial charge >= 0.3 is 0 Å². The fourth-order valence-corrected chi connectivity index (χ4v) is 3.22. The third-order valence-electron chi connectivity index (χ3n) is 4.45. The fourth-order valence-electron chi connectivity index (χ4n) is 3.22. The lowest BCUT2D eigenvalue weighted by molar-refractivity contribution is -0.122. The highest BCUT2D eigenvalue weighted by molar-refractivity contribution is 5.85. The Hall–Kier alpha value is -1.84. The number of carbonyl (C=O) groups excluding carboxylic acids is 1. The van der Waals surface area contributed by atoms with Gasteiger partial charge in [0.05, 0.1) is 0 Å². The minimum absolute atomic E-state index is 0. The van der Waals surface area contributed by atoms with Crippen LogP contribution in [0.5, 0.6) is 0 Å². The Labute approximate surface area is 150 Å². The van der Waals surface area contributed by atoms with Crippen LogP contribution in [0.2, 0.25) is 0 Å². The van der Waals surface area contributed by atoms with Crippen molar-refractivity contribution in [3.63, 3.8) is 0 Å². The maximum absolute atomic E-state index is 12.4. The molecule has 1 fully saturated rings. The van der Waals surface area contributed by atoms with Gasteiger partial charge in [-0.15, -0.1) is 12.4 Å². The molecule has 0 saturated carbocycles. The zero-order valence-corrected chi connectivity index (χ0v) is 14.6. The standard InChI is InChI=1S/C20H24N2O.ClH/c23-20(22-19-11-12-21-15-19)14-18(17-9-5-2-6-10-17)13-16-7-3-1-4-8-16;/h1-10,18-19,21H,11-15H2,(H,22,23);1H. The van der Waals surface area contributed by atoms with Gasteiger partial charge in [-0.1, -0.05) is 60.7 Å². The lowest BCUT2D eigenvalue weighted by Crippen LogP contribution is -2.37. The van der Waals surface area contributed by atoms with E-state index >= 15 is 0 Å². The topological polar surface area (TPSA) is 41.1 Å². The molecule has 2 N–H and O–H groups in total. The highest BCUT2D eigenvalue weighted by Gasteiger charge is 2.20. The predicted octanol–water partition coefficient (Wildman–Crippen LogP) is 3.30. The van der Waals surface area contributed by atoms with Gasteiger partial charge in [-0.2, -0.15) is 0 Å². The molecule has 1 aliphatic heterocycles. The highest BCUT2D eigenvalue weighted by atomic mass is 35.5. The lowest BCUT2D eigenvalue weighted by Gasteiger charge is -2.19. The van der Waals surface area contributed by atoms with Crippen LogP contribution in [0.1, 0.15) is 29.9 Å². The van der Waals surface area contributed by atoms with Gasteiger partial charge in [0.1, 0.15) is 0 Å². The summed E-state index contributed by atoms with van der Waals surface area (Å²) in [6, 6.07) is 21.1. The first-order chi connectivity index (χ1) is 11.3. The van der Waals surface area contributed by atoms with E-state index < -0.39 is 0 Å². The van der Waals surface area contributed by atoms with Crippen molar-refractivity contribution in [1.82, 2.24) is 10.6 Å². The number of hydrogen-bond donors (Lipinski definition) is 2. The Morgan fingerprint density at radius 2 is 1.75 bits per heavy atom. The number of rotatable bonds is 6. The molecule has 2 atom stereocenters. The summed E-state index contributed by atoms with van der Waals surface area (Å²) in [5.74, 6) is 0.372. The summed E-state index contributed by atoms with van der Waals surface area (Å²) >= 11 is 0. The van der Waals surface area contributed by atoms with Crippen LogP contribution in [0.3, 0.4) is 0 Å². The average Bonchev–Trinajstić information content (AvgIpc) is 3.09. The van der Waals surface area contributed by atoms with Crippen molar-refractivity contribution in [3.8, 4) is 0 Å². The zero-order valence-electron chi connectivity index (χ0n) is 13.8. The highest BCUT2D eigenvalue weighted by Crippen LogP contribution is 2.24. The molecular weight excluding hydrogens is 320 g/mol. The predicted molar refractivity (Wildman–Crippen MR) is 101 cm³/mol. The first kappa shape index (κ1) is 18.5. The monoisotopic (exact) mass is 344 g/mol. The van der Waals surface area contributed by atoms with E-state index in [0.29, 0.717) is 6.42 Å². The van der Waals surface area contributed by atoms with E-state index in [1.54, 1.807) is 0 Å². The van der Waals surface area contributed by atoms with E-state index in [4.69, 9.17) is 0 Å². The van der Waals surface area contributed by atoms with E-state index in [2.05, 4.69) is 47.0 Å². The van der Waals surface area contributed by atoms with E-state index in [9.17, 15) is 4.79 Å². The molecular formula is C20H25ClN2O. The van der Waals surface area contributed by atoms with E-state index in [-0.39, 0.29) is 30.3 Å². The summed E-state index contributed by atoms with van der Waals surface area (Å²) < 4.78 is 0. The van der Waals surface area contributed by atoms with Crippen molar-refractivity contribution in [2.75, 3.05) is 13.1 Å². The van der Waals surface area contributed by atoms with Crippen LogP contribution in [-0.2, 0) is 11.2 Å². The second-order valence-electron chi connectivity index (χ2n) is 6.26. The number of nitrogens with one attached hydrogen (secondary N) is 2. The average molecular weight is 345 g/mol. The molecule has 3 rings (SSSR count). The number of amides is 1. The summed E-state index contributed by atoms with van der Waals surface area (Å²) in [5.41, 5.74) is 2.51. The molecule has 1 heterocycles. The Balaban J connectivity index is 0.00000208. The zero-order chi connectivity index (χ0) is 15.9. The molecule has 0 radical (unpaired) electrons. The largest absolute Gasteiger partial charge is 0.352 e. The van der Waals surface area contributed by atoms with E-state index in [1.165, 1.54) is 11.1 Å². The molecule has 3 nitrogen and oxygen atoms in total. The SMILES string of the molecule is Cl.O=C(CC(Cc1ccccc1)c1ccccc1)NC1CCNC1. The smallest absolute Gasteiger partial charge is 0.220 e. The summed E-state index contributed by atoms with van der Waals surface area (Å²) in [6.45, 7) is 1.89. The Morgan fingerprint density at radius 3 is 2.38 bits per heavy atom. The molecule has 4 heteroatoms. The molecule has 0 aromatic heterocycles. The summed E-state index contributed by atoms with van der Waals surface area (Å²) in [6.07, 6.45) is 2.46. The maximum Gasteiger partial charge on any atom is 0.220 e. The van der Waals surface area contributed by atoms with Crippen LogP contribution in [0.25, 0.3) is 0 Å². The van der Waals surface area contributed by atoms with Gasteiger partial charge in [0.15, 0.2) is 0 Å². The Bertz CT molecular complexity index is 612. The first-order valence-corrected chi connectivity index (χ1v) is 8.40. The fraction of sp³-hybridized carbons (Fsp3) is 0.350. The van der Waals surface area contributed by atoms with Crippen molar-refractivity contribution in [2.24, 2.45) is 0 Å². The third-order valence-corrected chi connectivity index (χ3v) is 4.45. The molecule has 128 valence electrons. The number of hydrogen-bond acceptors (Lipinski definition) is 2. The summed E-state index contributed by atoms with van der Waals surface area (Å²) in [5, 5.41) is 6.45. The van der Waals surface area contributed by atoms with Crippen LogP contribution in [0.15, 0.2) is 60.7 Å². The van der Waals surface area contributed by atoms with Gasteiger partial charge in [-0.3, -0.25) is 4.79 Å². The van der Waals surface area contributed by atoms with Crippen LogP contribution < -0.4 is 10.6 Å². The van der Waals surface area contributed by atoms with Gasteiger partial charge in [-0.05, 0) is 36.4 Å². The molecule has 2 aromatic carbocycles. The van der Waals surface area contributed by atoms with Crippen molar-refractivity contribution >= 4 is 18.3 Å². The second-order valence-corrected chi connectivity index (χ2v) is 6.26. The molecule has 0 spiro atoms. The molecule has 2 aromatic rings. The Kier molecular flexibility index (Phi) is 7.29. The van der Waals surface area contributed by atoms with Gasteiger partial charge in [0.2, 0.25) is 5.91 Å². The van der Waals surface area contributed by atoms with Crippen LogP contribution in [0, 0.1) is 0 Å². The van der Waals surface area contributed by atoms with Gasteiger partial charge < -0.3 is 10.6 Å². The van der Waals surface area contributed by atoms with Gasteiger partial charge in [-0.25, -0.2) is 0 Å². The maximum atomic E-state index is 12.4. The van der Waals surface area contributed by atoms with Crippen LogP contribution in [0.4, 0.5) is 0 Å². The molecule has 24 heavy (non-hydrogen) atoms. The minimum atomic E-state index is 0. The molecule has 1 saturated heterocycles. The molecule has 0 bridgehead atoms. The third kappa shape index (κ3) is 5.36. The first-order valence-electron chi connectivity index (χ1n) is 8.40. The van der Waals surface area contributed by atoms with Gasteiger partial charge in [0.25, 0.3) is 0 Å². The molecule has 1 aliphatic rings. The number of halogens is 1. The van der Waals surface area contributed by atoms with Crippen molar-refractivity contribution in [1.29, 1.82) is 0 Å². The van der Waals surface area contributed by atoms with E-state index in [0.717, 1.165) is 25.9 Å². The second kappa shape index (κ2) is 9.45. The number of benzene rings is 2. The minimum Gasteiger partial charge on any atom is -0.352 e. The molecule has 1 amide bonds. The van der Waals surface area contributed by atoms with Crippen LogP contribution in [-0.4, -0.2) is 25.0 Å². The van der Waals surface area contributed by atoms with Crippen molar-refractivity contribution in [2.45, 2.75) is 31.2 Å². The normalized spacial score (nSPS) is 17.8. The Morgan fingerprint density at radius 1 is 1.08 bits per heavy atom. The van der Waals surface area contributed by atoms with Crippen molar-refractivity contribution < 1.29 is 4.79 Å².